The maximum absolute atomic E-state index is 12.3. The van der Waals surface area contributed by atoms with Crippen molar-refractivity contribution in [3.8, 4) is 11.5 Å². The van der Waals surface area contributed by atoms with Gasteiger partial charge in [-0.1, -0.05) is 17.3 Å². The first kappa shape index (κ1) is 17.0. The maximum atomic E-state index is 12.3. The number of nitrogens with zero attached hydrogens (tertiary/aromatic N) is 4. The van der Waals surface area contributed by atoms with E-state index in [2.05, 4.69) is 25.0 Å². The number of hydrogen-bond donors (Lipinski definition) is 1. The van der Waals surface area contributed by atoms with Crippen LogP contribution in [0.1, 0.15) is 22.6 Å². The smallest absolute Gasteiger partial charge is 0.257 e. The molecule has 0 spiro atoms. The highest BCUT2D eigenvalue weighted by Gasteiger charge is 2.09. The van der Waals surface area contributed by atoms with E-state index in [-0.39, 0.29) is 5.91 Å². The van der Waals surface area contributed by atoms with Crippen molar-refractivity contribution in [3.05, 3.63) is 66.2 Å². The third kappa shape index (κ3) is 3.72. The van der Waals surface area contributed by atoms with Gasteiger partial charge in [0.1, 0.15) is 0 Å². The standard InChI is InChI=1S/C20H19N5O2/c1-14-23-20(27-24-14)16-9-7-15(8-10-16)19(26)21-11-4-12-25-13-22-17-5-2-3-6-18(17)25/h2-3,5-10,13H,4,11-12H2,1H3,(H,21,26). The minimum Gasteiger partial charge on any atom is -0.352 e. The number of imidazole rings is 1. The van der Waals surface area contributed by atoms with Gasteiger partial charge in [-0.2, -0.15) is 4.98 Å². The van der Waals surface area contributed by atoms with Crippen LogP contribution in [-0.4, -0.2) is 32.1 Å². The number of carbonyl (C=O) groups is 1. The Labute approximate surface area is 156 Å². The molecule has 2 heterocycles. The quantitative estimate of drug-likeness (QED) is 0.533. The molecule has 7 heteroatoms. The lowest BCUT2D eigenvalue weighted by Gasteiger charge is -2.07. The summed E-state index contributed by atoms with van der Waals surface area (Å²) in [6.45, 7) is 3.16. The van der Waals surface area contributed by atoms with Crippen molar-refractivity contribution in [3.63, 3.8) is 0 Å². The summed E-state index contributed by atoms with van der Waals surface area (Å²) in [7, 11) is 0. The molecule has 4 aromatic rings. The lowest BCUT2D eigenvalue weighted by atomic mass is 10.1. The van der Waals surface area contributed by atoms with Crippen molar-refractivity contribution < 1.29 is 9.32 Å². The Morgan fingerprint density at radius 3 is 2.74 bits per heavy atom. The first-order chi connectivity index (χ1) is 13.2. The Kier molecular flexibility index (Phi) is 4.65. The number of aryl methyl sites for hydroxylation is 2. The van der Waals surface area contributed by atoms with Crippen molar-refractivity contribution in [2.45, 2.75) is 19.9 Å². The zero-order chi connectivity index (χ0) is 18.6. The van der Waals surface area contributed by atoms with Crippen LogP contribution in [0.15, 0.2) is 59.4 Å². The van der Waals surface area contributed by atoms with Gasteiger partial charge in [-0.25, -0.2) is 4.98 Å². The Morgan fingerprint density at radius 2 is 1.96 bits per heavy atom. The van der Waals surface area contributed by atoms with Gasteiger partial charge in [-0.05, 0) is 49.7 Å². The van der Waals surface area contributed by atoms with Crippen molar-refractivity contribution in [2.24, 2.45) is 0 Å². The fraction of sp³-hybridized carbons (Fsp3) is 0.200. The summed E-state index contributed by atoms with van der Waals surface area (Å²) in [4.78, 5) is 20.8. The van der Waals surface area contributed by atoms with Crippen LogP contribution in [-0.2, 0) is 6.54 Å². The Morgan fingerprint density at radius 1 is 1.15 bits per heavy atom. The summed E-state index contributed by atoms with van der Waals surface area (Å²) in [6.07, 6.45) is 2.66. The molecule has 0 unspecified atom stereocenters. The van der Waals surface area contributed by atoms with E-state index in [0.717, 1.165) is 29.6 Å². The monoisotopic (exact) mass is 361 g/mol. The summed E-state index contributed by atoms with van der Waals surface area (Å²) < 4.78 is 7.23. The SMILES string of the molecule is Cc1noc(-c2ccc(C(=O)NCCCn3cnc4ccccc43)cc2)n1. The second-order valence-electron chi connectivity index (χ2n) is 6.26. The van der Waals surface area contributed by atoms with E-state index >= 15 is 0 Å². The van der Waals surface area contributed by atoms with Gasteiger partial charge < -0.3 is 14.4 Å². The Balaban J connectivity index is 1.30. The maximum Gasteiger partial charge on any atom is 0.257 e. The number of amides is 1. The van der Waals surface area contributed by atoms with Crippen LogP contribution in [0.3, 0.4) is 0 Å². The molecular formula is C20H19N5O2. The van der Waals surface area contributed by atoms with Crippen molar-refractivity contribution in [1.29, 1.82) is 0 Å². The molecule has 2 aromatic carbocycles. The molecule has 7 nitrogen and oxygen atoms in total. The number of aromatic nitrogens is 4. The van der Waals surface area contributed by atoms with E-state index in [4.69, 9.17) is 4.52 Å². The third-order valence-corrected chi connectivity index (χ3v) is 4.31. The molecule has 0 aliphatic heterocycles. The molecule has 0 atom stereocenters. The minimum atomic E-state index is -0.0984. The lowest BCUT2D eigenvalue weighted by molar-refractivity contribution is 0.0953. The molecule has 0 aliphatic rings. The van der Waals surface area contributed by atoms with Crippen molar-refractivity contribution >= 4 is 16.9 Å². The van der Waals surface area contributed by atoms with E-state index < -0.39 is 0 Å². The van der Waals surface area contributed by atoms with E-state index in [1.165, 1.54) is 0 Å². The van der Waals surface area contributed by atoms with Gasteiger partial charge in [0.2, 0.25) is 0 Å². The first-order valence-electron chi connectivity index (χ1n) is 8.79. The van der Waals surface area contributed by atoms with Gasteiger partial charge in [0, 0.05) is 24.2 Å². The van der Waals surface area contributed by atoms with E-state index in [9.17, 15) is 4.79 Å². The molecule has 4 rings (SSSR count). The van der Waals surface area contributed by atoms with E-state index in [1.807, 2.05) is 30.6 Å². The molecule has 0 aliphatic carbocycles. The second kappa shape index (κ2) is 7.41. The third-order valence-electron chi connectivity index (χ3n) is 4.31. The molecule has 27 heavy (non-hydrogen) atoms. The van der Waals surface area contributed by atoms with Crippen LogP contribution in [0.25, 0.3) is 22.5 Å². The Bertz CT molecular complexity index is 1070. The van der Waals surface area contributed by atoms with Gasteiger partial charge in [0.15, 0.2) is 5.82 Å². The fourth-order valence-corrected chi connectivity index (χ4v) is 2.92. The van der Waals surface area contributed by atoms with Crippen LogP contribution in [0, 0.1) is 6.92 Å². The largest absolute Gasteiger partial charge is 0.352 e. The molecule has 2 aromatic heterocycles. The highest BCUT2D eigenvalue weighted by atomic mass is 16.5. The average Bonchev–Trinajstić information content (AvgIpc) is 3.32. The zero-order valence-electron chi connectivity index (χ0n) is 14.9. The second-order valence-corrected chi connectivity index (χ2v) is 6.26. The molecule has 1 N–H and O–H groups in total. The fourth-order valence-electron chi connectivity index (χ4n) is 2.92. The number of hydrogen-bond acceptors (Lipinski definition) is 5. The molecular weight excluding hydrogens is 342 g/mol. The van der Waals surface area contributed by atoms with Crippen LogP contribution < -0.4 is 5.32 Å². The molecule has 0 saturated heterocycles. The van der Waals surface area contributed by atoms with E-state index in [0.29, 0.717) is 23.8 Å². The summed E-state index contributed by atoms with van der Waals surface area (Å²) in [5.41, 5.74) is 3.48. The van der Waals surface area contributed by atoms with Crippen molar-refractivity contribution in [2.75, 3.05) is 6.54 Å². The van der Waals surface area contributed by atoms with Crippen LogP contribution in [0.5, 0.6) is 0 Å². The summed E-state index contributed by atoms with van der Waals surface area (Å²) in [5, 5.41) is 6.72. The lowest BCUT2D eigenvalue weighted by Crippen LogP contribution is -2.25. The number of fused-ring (bicyclic) bond motifs is 1. The molecule has 136 valence electrons. The first-order valence-corrected chi connectivity index (χ1v) is 8.79. The van der Waals surface area contributed by atoms with Crippen LogP contribution >= 0.6 is 0 Å². The molecule has 0 radical (unpaired) electrons. The van der Waals surface area contributed by atoms with Crippen molar-refractivity contribution in [1.82, 2.24) is 25.0 Å². The van der Waals surface area contributed by atoms with Crippen LogP contribution in [0.2, 0.25) is 0 Å². The summed E-state index contributed by atoms with van der Waals surface area (Å²) in [5.74, 6) is 0.934. The highest BCUT2D eigenvalue weighted by molar-refractivity contribution is 5.94. The minimum absolute atomic E-state index is 0.0984. The number of rotatable bonds is 6. The van der Waals surface area contributed by atoms with E-state index in [1.54, 1.807) is 31.2 Å². The summed E-state index contributed by atoms with van der Waals surface area (Å²) >= 11 is 0. The van der Waals surface area contributed by atoms with Crippen LogP contribution in [0.4, 0.5) is 0 Å². The number of benzene rings is 2. The van der Waals surface area contributed by atoms with Gasteiger partial charge in [-0.3, -0.25) is 4.79 Å². The van der Waals surface area contributed by atoms with Gasteiger partial charge in [0.05, 0.1) is 17.4 Å². The number of nitrogens with one attached hydrogen (secondary N) is 1. The Hall–Kier alpha value is -3.48. The summed E-state index contributed by atoms with van der Waals surface area (Å²) in [6, 6.07) is 15.1. The molecule has 1 amide bonds. The number of para-hydroxylation sites is 2. The zero-order valence-corrected chi connectivity index (χ0v) is 14.9. The average molecular weight is 361 g/mol. The van der Waals surface area contributed by atoms with Gasteiger partial charge in [0.25, 0.3) is 11.8 Å². The van der Waals surface area contributed by atoms with Gasteiger partial charge >= 0.3 is 0 Å². The molecule has 0 saturated carbocycles. The predicted molar refractivity (Wildman–Crippen MR) is 101 cm³/mol. The highest BCUT2D eigenvalue weighted by Crippen LogP contribution is 2.17. The molecule has 0 fully saturated rings. The number of carbonyl (C=O) groups excluding carboxylic acids is 1. The normalized spacial score (nSPS) is 11.0. The predicted octanol–water partition coefficient (Wildman–Crippen LogP) is 3.21. The molecule has 0 bridgehead atoms. The van der Waals surface area contributed by atoms with Gasteiger partial charge in [-0.15, -0.1) is 0 Å². The topological polar surface area (TPSA) is 85.8 Å².